The lowest BCUT2D eigenvalue weighted by molar-refractivity contribution is 0.112. The summed E-state index contributed by atoms with van der Waals surface area (Å²) in [6, 6.07) is 0.513. The van der Waals surface area contributed by atoms with Gasteiger partial charge in [0, 0.05) is 19.6 Å². The number of likely N-dealkylation sites (tertiary alicyclic amines) is 1. The number of anilines is 1. The molecule has 1 aromatic rings. The summed E-state index contributed by atoms with van der Waals surface area (Å²) in [5, 5.41) is 0.992. The fourth-order valence-corrected chi connectivity index (χ4v) is 3.58. The van der Waals surface area contributed by atoms with Gasteiger partial charge in [-0.05, 0) is 32.9 Å². The van der Waals surface area contributed by atoms with Gasteiger partial charge in [0.1, 0.15) is 0 Å². The number of hydrogen-bond donors (Lipinski definition) is 0. The first kappa shape index (κ1) is 14.5. The van der Waals surface area contributed by atoms with Crippen molar-refractivity contribution in [1.29, 1.82) is 0 Å². The SMILES string of the molecule is CCCc1nc(N(C)C2CCCN(C)C2)sc1C=O. The molecule has 1 atom stereocenters. The number of piperidine rings is 1. The minimum atomic E-state index is 0.513. The maximum absolute atomic E-state index is 11.1. The van der Waals surface area contributed by atoms with Crippen LogP contribution in [0.4, 0.5) is 5.13 Å². The zero-order valence-corrected chi connectivity index (χ0v) is 12.9. The zero-order valence-electron chi connectivity index (χ0n) is 12.1. The summed E-state index contributed by atoms with van der Waals surface area (Å²) in [5.41, 5.74) is 0.966. The highest BCUT2D eigenvalue weighted by Crippen LogP contribution is 2.28. The molecule has 2 heterocycles. The minimum Gasteiger partial charge on any atom is -0.347 e. The summed E-state index contributed by atoms with van der Waals surface area (Å²) in [5.74, 6) is 0. The van der Waals surface area contributed by atoms with Crippen LogP contribution >= 0.6 is 11.3 Å². The van der Waals surface area contributed by atoms with E-state index in [1.807, 2.05) is 0 Å². The Hall–Kier alpha value is -0.940. The summed E-state index contributed by atoms with van der Waals surface area (Å²) in [4.78, 5) is 21.2. The van der Waals surface area contributed by atoms with Crippen molar-refractivity contribution < 1.29 is 4.79 Å². The fourth-order valence-electron chi connectivity index (χ4n) is 2.62. The lowest BCUT2D eigenvalue weighted by Crippen LogP contribution is -2.45. The van der Waals surface area contributed by atoms with Gasteiger partial charge in [0.25, 0.3) is 0 Å². The zero-order chi connectivity index (χ0) is 13.8. The van der Waals surface area contributed by atoms with Crippen LogP contribution in [0.2, 0.25) is 0 Å². The van der Waals surface area contributed by atoms with Crippen LogP contribution in [-0.2, 0) is 6.42 Å². The van der Waals surface area contributed by atoms with Gasteiger partial charge in [0.2, 0.25) is 0 Å². The maximum atomic E-state index is 11.1. The number of carbonyl (C=O) groups excluding carboxylic acids is 1. The molecule has 4 nitrogen and oxygen atoms in total. The molecular formula is C14H23N3OS. The summed E-state index contributed by atoms with van der Waals surface area (Å²) in [7, 11) is 4.27. The standard InChI is InChI=1S/C14H23N3OS/c1-4-6-12-13(10-18)19-14(15-12)17(3)11-7-5-8-16(2)9-11/h10-11H,4-9H2,1-3H3. The summed E-state index contributed by atoms with van der Waals surface area (Å²) in [6.45, 7) is 4.38. The smallest absolute Gasteiger partial charge is 0.186 e. The molecule has 1 unspecified atom stereocenters. The molecule has 19 heavy (non-hydrogen) atoms. The average Bonchev–Trinajstić information content (AvgIpc) is 2.81. The second-order valence-corrected chi connectivity index (χ2v) is 6.35. The van der Waals surface area contributed by atoms with Crippen molar-refractivity contribution >= 4 is 22.8 Å². The van der Waals surface area contributed by atoms with Crippen LogP contribution in [0, 0.1) is 0 Å². The molecule has 0 amide bonds. The van der Waals surface area contributed by atoms with E-state index >= 15 is 0 Å². The van der Waals surface area contributed by atoms with Gasteiger partial charge in [-0.1, -0.05) is 24.7 Å². The van der Waals surface area contributed by atoms with E-state index in [-0.39, 0.29) is 0 Å². The average molecular weight is 281 g/mol. The van der Waals surface area contributed by atoms with Gasteiger partial charge in [-0.15, -0.1) is 0 Å². The third-order valence-corrected chi connectivity index (χ3v) is 4.87. The Bertz CT molecular complexity index is 432. The number of nitrogens with zero attached hydrogens (tertiary/aromatic N) is 3. The monoisotopic (exact) mass is 281 g/mol. The van der Waals surface area contributed by atoms with Gasteiger partial charge in [0.15, 0.2) is 11.4 Å². The molecule has 1 aromatic heterocycles. The Labute approximate surface area is 119 Å². The van der Waals surface area contributed by atoms with Crippen LogP contribution in [0.5, 0.6) is 0 Å². The van der Waals surface area contributed by atoms with Crippen molar-refractivity contribution in [1.82, 2.24) is 9.88 Å². The number of thiazole rings is 1. The number of aldehydes is 1. The van der Waals surface area contributed by atoms with E-state index in [2.05, 4.69) is 35.8 Å². The molecule has 1 fully saturated rings. The van der Waals surface area contributed by atoms with Gasteiger partial charge in [-0.25, -0.2) is 4.98 Å². The first-order valence-electron chi connectivity index (χ1n) is 7.02. The van der Waals surface area contributed by atoms with Gasteiger partial charge in [-0.2, -0.15) is 0 Å². The number of aromatic nitrogens is 1. The Morgan fingerprint density at radius 2 is 2.37 bits per heavy atom. The number of aryl methyl sites for hydroxylation is 1. The molecule has 0 spiro atoms. The van der Waals surface area contributed by atoms with Crippen molar-refractivity contribution in [3.63, 3.8) is 0 Å². The normalized spacial score (nSPS) is 20.5. The summed E-state index contributed by atoms with van der Waals surface area (Å²) in [6.07, 6.45) is 5.31. The molecule has 106 valence electrons. The maximum Gasteiger partial charge on any atom is 0.186 e. The quantitative estimate of drug-likeness (QED) is 0.777. The third kappa shape index (κ3) is 3.34. The molecular weight excluding hydrogens is 258 g/mol. The number of rotatable bonds is 5. The Morgan fingerprint density at radius 1 is 1.58 bits per heavy atom. The summed E-state index contributed by atoms with van der Waals surface area (Å²) < 4.78 is 0. The van der Waals surface area contributed by atoms with Crippen LogP contribution in [0.15, 0.2) is 0 Å². The second-order valence-electron chi connectivity index (χ2n) is 5.34. The first-order valence-corrected chi connectivity index (χ1v) is 7.83. The van der Waals surface area contributed by atoms with Crippen molar-refractivity contribution in [2.45, 2.75) is 38.6 Å². The van der Waals surface area contributed by atoms with Gasteiger partial charge in [0.05, 0.1) is 10.6 Å². The van der Waals surface area contributed by atoms with E-state index in [1.54, 1.807) is 0 Å². The predicted octanol–water partition coefficient (Wildman–Crippen LogP) is 2.44. The van der Waals surface area contributed by atoms with Crippen molar-refractivity contribution in [2.24, 2.45) is 0 Å². The molecule has 1 aliphatic heterocycles. The number of likely N-dealkylation sites (N-methyl/N-ethyl adjacent to an activating group) is 2. The lowest BCUT2D eigenvalue weighted by atomic mass is 10.1. The Kier molecular flexibility index (Phi) is 4.93. The molecule has 0 aromatic carbocycles. The van der Waals surface area contributed by atoms with Gasteiger partial charge in [-0.3, -0.25) is 4.79 Å². The summed E-state index contributed by atoms with van der Waals surface area (Å²) >= 11 is 1.53. The molecule has 0 aliphatic carbocycles. The van der Waals surface area contributed by atoms with Crippen LogP contribution in [0.3, 0.4) is 0 Å². The predicted molar refractivity (Wildman–Crippen MR) is 80.4 cm³/mol. The van der Waals surface area contributed by atoms with Crippen molar-refractivity contribution in [3.05, 3.63) is 10.6 Å². The highest BCUT2D eigenvalue weighted by molar-refractivity contribution is 7.17. The van der Waals surface area contributed by atoms with Gasteiger partial charge >= 0.3 is 0 Å². The fraction of sp³-hybridized carbons (Fsp3) is 0.714. The first-order chi connectivity index (χ1) is 9.15. The van der Waals surface area contributed by atoms with E-state index in [0.717, 1.165) is 41.4 Å². The number of hydrogen-bond acceptors (Lipinski definition) is 5. The third-order valence-electron chi connectivity index (χ3n) is 3.76. The minimum absolute atomic E-state index is 0.513. The second kappa shape index (κ2) is 6.48. The van der Waals surface area contributed by atoms with Crippen LogP contribution in [0.25, 0.3) is 0 Å². The van der Waals surface area contributed by atoms with E-state index in [1.165, 1.54) is 30.7 Å². The van der Waals surface area contributed by atoms with Crippen LogP contribution in [0.1, 0.15) is 41.6 Å². The molecule has 1 saturated heterocycles. The molecule has 0 saturated carbocycles. The van der Waals surface area contributed by atoms with E-state index in [9.17, 15) is 4.79 Å². The van der Waals surface area contributed by atoms with E-state index in [0.29, 0.717) is 6.04 Å². The largest absolute Gasteiger partial charge is 0.347 e. The van der Waals surface area contributed by atoms with E-state index in [4.69, 9.17) is 0 Å². The Morgan fingerprint density at radius 3 is 3.00 bits per heavy atom. The lowest BCUT2D eigenvalue weighted by Gasteiger charge is -2.35. The Balaban J connectivity index is 2.13. The molecule has 0 radical (unpaired) electrons. The topological polar surface area (TPSA) is 36.4 Å². The highest BCUT2D eigenvalue weighted by atomic mass is 32.1. The van der Waals surface area contributed by atoms with Crippen LogP contribution in [-0.4, -0.2) is 49.4 Å². The molecule has 5 heteroatoms. The molecule has 1 aliphatic rings. The molecule has 0 N–H and O–H groups in total. The van der Waals surface area contributed by atoms with Crippen LogP contribution < -0.4 is 4.90 Å². The van der Waals surface area contributed by atoms with E-state index < -0.39 is 0 Å². The number of carbonyl (C=O) groups is 1. The highest BCUT2D eigenvalue weighted by Gasteiger charge is 2.24. The van der Waals surface area contributed by atoms with Crippen molar-refractivity contribution in [3.8, 4) is 0 Å². The molecule has 0 bridgehead atoms. The molecule has 2 rings (SSSR count). The van der Waals surface area contributed by atoms with Crippen molar-refractivity contribution in [2.75, 3.05) is 32.1 Å². The van der Waals surface area contributed by atoms with Gasteiger partial charge < -0.3 is 9.80 Å².